The van der Waals surface area contributed by atoms with Crippen LogP contribution >= 0.6 is 0 Å². The fraction of sp³-hybridized carbons (Fsp3) is 0.357. The Hall–Kier alpha value is -2.37. The van der Waals surface area contributed by atoms with Crippen molar-refractivity contribution in [2.45, 2.75) is 32.7 Å². The summed E-state index contributed by atoms with van der Waals surface area (Å²) in [6.07, 6.45) is 0. The first-order chi connectivity index (χ1) is 9.47. The summed E-state index contributed by atoms with van der Waals surface area (Å²) in [6.45, 7) is 6.15. The predicted octanol–water partition coefficient (Wildman–Crippen LogP) is 1.71. The highest BCUT2D eigenvalue weighted by Crippen LogP contribution is 2.18. The molecule has 1 atom stereocenters. The molecule has 2 rings (SSSR count). The van der Waals surface area contributed by atoms with Crippen molar-refractivity contribution >= 4 is 5.91 Å². The quantitative estimate of drug-likeness (QED) is 0.792. The number of carbonyl (C=O) groups excluding carboxylic acids is 1. The molecule has 0 aliphatic rings. The summed E-state index contributed by atoms with van der Waals surface area (Å²) in [7, 11) is 0. The van der Waals surface area contributed by atoms with Gasteiger partial charge >= 0.3 is 5.69 Å². The number of nitrogens with one attached hydrogen (secondary N) is 3. The number of nitrogens with zero attached hydrogens (tertiary/aromatic N) is 1. The number of rotatable bonds is 4. The SMILES string of the molecule is CC(C)c1ccc(C(C)NC(=O)c2n[nH]c(=O)[nH]2)cc1. The van der Waals surface area contributed by atoms with Crippen molar-refractivity contribution in [2.75, 3.05) is 0 Å². The lowest BCUT2D eigenvalue weighted by Gasteiger charge is -2.14. The Morgan fingerprint density at radius 2 is 1.75 bits per heavy atom. The number of amides is 1. The van der Waals surface area contributed by atoms with Crippen molar-refractivity contribution in [2.24, 2.45) is 0 Å². The maximum absolute atomic E-state index is 11.9. The van der Waals surface area contributed by atoms with E-state index in [0.29, 0.717) is 5.92 Å². The molecule has 0 radical (unpaired) electrons. The normalized spacial score (nSPS) is 12.4. The van der Waals surface area contributed by atoms with Crippen molar-refractivity contribution in [3.8, 4) is 0 Å². The summed E-state index contributed by atoms with van der Waals surface area (Å²) in [4.78, 5) is 25.1. The number of carbonyl (C=O) groups is 1. The van der Waals surface area contributed by atoms with Gasteiger partial charge in [-0.2, -0.15) is 0 Å². The number of H-pyrrole nitrogens is 2. The third-order valence-electron chi connectivity index (χ3n) is 3.17. The van der Waals surface area contributed by atoms with Gasteiger partial charge in [-0.15, -0.1) is 5.10 Å². The minimum Gasteiger partial charge on any atom is -0.343 e. The van der Waals surface area contributed by atoms with Gasteiger partial charge in [0.15, 0.2) is 0 Å². The van der Waals surface area contributed by atoms with Crippen molar-refractivity contribution < 1.29 is 4.79 Å². The highest BCUT2D eigenvalue weighted by Gasteiger charge is 2.14. The molecule has 1 unspecified atom stereocenters. The van der Waals surface area contributed by atoms with Crippen LogP contribution in [0.4, 0.5) is 0 Å². The molecule has 0 fully saturated rings. The van der Waals surface area contributed by atoms with Crippen molar-refractivity contribution in [3.63, 3.8) is 0 Å². The predicted molar refractivity (Wildman–Crippen MR) is 75.6 cm³/mol. The van der Waals surface area contributed by atoms with Crippen LogP contribution in [0.1, 0.15) is 54.5 Å². The summed E-state index contributed by atoms with van der Waals surface area (Å²) in [5.41, 5.74) is 1.76. The lowest BCUT2D eigenvalue weighted by molar-refractivity contribution is 0.0929. The van der Waals surface area contributed by atoms with E-state index in [1.807, 2.05) is 19.1 Å². The average molecular weight is 274 g/mol. The molecule has 0 aliphatic carbocycles. The minimum absolute atomic E-state index is 0.0133. The second-order valence-corrected chi connectivity index (χ2v) is 5.04. The van der Waals surface area contributed by atoms with Crippen LogP contribution in [0.2, 0.25) is 0 Å². The van der Waals surface area contributed by atoms with E-state index in [1.165, 1.54) is 5.56 Å². The zero-order valence-electron chi connectivity index (χ0n) is 11.7. The molecule has 2 aromatic rings. The lowest BCUT2D eigenvalue weighted by Crippen LogP contribution is -2.28. The molecule has 1 amide bonds. The fourth-order valence-corrected chi connectivity index (χ4v) is 1.90. The molecule has 106 valence electrons. The van der Waals surface area contributed by atoms with E-state index in [0.717, 1.165) is 5.56 Å². The first-order valence-electron chi connectivity index (χ1n) is 6.52. The van der Waals surface area contributed by atoms with Crippen LogP contribution in [-0.2, 0) is 0 Å². The van der Waals surface area contributed by atoms with Gasteiger partial charge in [0.2, 0.25) is 5.82 Å². The number of aromatic nitrogens is 3. The molecule has 6 heteroatoms. The Morgan fingerprint density at radius 3 is 2.25 bits per heavy atom. The summed E-state index contributed by atoms with van der Waals surface area (Å²) >= 11 is 0. The third-order valence-corrected chi connectivity index (χ3v) is 3.17. The van der Waals surface area contributed by atoms with Crippen LogP contribution in [0.15, 0.2) is 29.1 Å². The second kappa shape index (κ2) is 5.73. The van der Waals surface area contributed by atoms with Gasteiger partial charge in [0, 0.05) is 0 Å². The molecule has 3 N–H and O–H groups in total. The monoisotopic (exact) mass is 274 g/mol. The first kappa shape index (κ1) is 14.0. The molecule has 0 spiro atoms. The van der Waals surface area contributed by atoms with Gasteiger partial charge in [-0.05, 0) is 24.0 Å². The van der Waals surface area contributed by atoms with Gasteiger partial charge in [0.05, 0.1) is 6.04 Å². The van der Waals surface area contributed by atoms with E-state index in [-0.39, 0.29) is 11.9 Å². The highest BCUT2D eigenvalue weighted by molar-refractivity contribution is 5.90. The van der Waals surface area contributed by atoms with Gasteiger partial charge < -0.3 is 5.32 Å². The molecule has 0 aliphatic heterocycles. The molecule has 1 aromatic heterocycles. The van der Waals surface area contributed by atoms with Crippen LogP contribution in [0.3, 0.4) is 0 Å². The first-order valence-corrected chi connectivity index (χ1v) is 6.52. The molecule has 0 saturated carbocycles. The van der Waals surface area contributed by atoms with E-state index < -0.39 is 11.6 Å². The molecule has 0 saturated heterocycles. The average Bonchev–Trinajstić information content (AvgIpc) is 2.85. The van der Waals surface area contributed by atoms with Crippen LogP contribution < -0.4 is 11.0 Å². The van der Waals surface area contributed by atoms with Crippen molar-refractivity contribution in [1.29, 1.82) is 0 Å². The molecule has 1 heterocycles. The Labute approximate surface area is 116 Å². The molecule has 0 bridgehead atoms. The van der Waals surface area contributed by atoms with Gasteiger partial charge in [0.1, 0.15) is 0 Å². The van der Waals surface area contributed by atoms with Crippen molar-refractivity contribution in [1.82, 2.24) is 20.5 Å². The van der Waals surface area contributed by atoms with Gasteiger partial charge in [-0.3, -0.25) is 9.78 Å². The van der Waals surface area contributed by atoms with Gasteiger partial charge in [-0.1, -0.05) is 38.1 Å². The van der Waals surface area contributed by atoms with Crippen molar-refractivity contribution in [3.05, 3.63) is 51.7 Å². The minimum atomic E-state index is -0.496. The maximum Gasteiger partial charge on any atom is 0.341 e. The smallest absolute Gasteiger partial charge is 0.341 e. The molecule has 6 nitrogen and oxygen atoms in total. The van der Waals surface area contributed by atoms with E-state index in [2.05, 4.69) is 46.5 Å². The Bertz CT molecular complexity index is 640. The summed E-state index contributed by atoms with van der Waals surface area (Å²) in [5, 5.41) is 8.54. The Balaban J connectivity index is 2.06. The van der Waals surface area contributed by atoms with E-state index in [9.17, 15) is 9.59 Å². The van der Waals surface area contributed by atoms with E-state index >= 15 is 0 Å². The molecule has 20 heavy (non-hydrogen) atoms. The number of hydrogen-bond donors (Lipinski definition) is 3. The fourth-order valence-electron chi connectivity index (χ4n) is 1.90. The zero-order chi connectivity index (χ0) is 14.7. The van der Waals surface area contributed by atoms with Crippen LogP contribution in [-0.4, -0.2) is 21.1 Å². The van der Waals surface area contributed by atoms with Crippen LogP contribution in [0.5, 0.6) is 0 Å². The zero-order valence-corrected chi connectivity index (χ0v) is 11.7. The standard InChI is InChI=1S/C14H18N4O2/c1-8(2)10-4-6-11(7-5-10)9(3)15-13(19)12-16-14(20)18-17-12/h4-9H,1-3H3,(H,15,19)(H2,16,17,18,20). The lowest BCUT2D eigenvalue weighted by atomic mass is 9.99. The van der Waals surface area contributed by atoms with Crippen LogP contribution in [0.25, 0.3) is 0 Å². The summed E-state index contributed by atoms with van der Waals surface area (Å²) in [5.74, 6) is 0.0486. The highest BCUT2D eigenvalue weighted by atomic mass is 16.2. The summed E-state index contributed by atoms with van der Waals surface area (Å²) < 4.78 is 0. The van der Waals surface area contributed by atoms with Gasteiger partial charge in [-0.25, -0.2) is 9.89 Å². The maximum atomic E-state index is 11.9. The largest absolute Gasteiger partial charge is 0.343 e. The van der Waals surface area contributed by atoms with E-state index in [4.69, 9.17) is 0 Å². The number of hydrogen-bond acceptors (Lipinski definition) is 3. The number of aromatic amines is 2. The molecular weight excluding hydrogens is 256 g/mol. The number of benzene rings is 1. The molecule has 1 aromatic carbocycles. The topological polar surface area (TPSA) is 90.6 Å². The Morgan fingerprint density at radius 1 is 1.15 bits per heavy atom. The molecular formula is C14H18N4O2. The Kier molecular flexibility index (Phi) is 4.02. The van der Waals surface area contributed by atoms with Crippen LogP contribution in [0, 0.1) is 0 Å². The third kappa shape index (κ3) is 3.14. The second-order valence-electron chi connectivity index (χ2n) is 5.04. The van der Waals surface area contributed by atoms with E-state index in [1.54, 1.807) is 0 Å². The summed E-state index contributed by atoms with van der Waals surface area (Å²) in [6, 6.07) is 7.93. The van der Waals surface area contributed by atoms with Gasteiger partial charge in [0.25, 0.3) is 5.91 Å².